The molecule has 0 fully saturated rings. The molecule has 0 radical (unpaired) electrons. The minimum absolute atomic E-state index is 0.0277. The molecule has 1 aromatic carbocycles. The first-order valence-corrected chi connectivity index (χ1v) is 6.65. The van der Waals surface area contributed by atoms with Crippen LogP contribution >= 0.6 is 11.3 Å². The summed E-state index contributed by atoms with van der Waals surface area (Å²) in [5.41, 5.74) is 1.57. The van der Waals surface area contributed by atoms with Crippen LogP contribution in [0, 0.1) is 10.1 Å². The second-order valence-corrected chi connectivity index (χ2v) is 4.78. The highest BCUT2D eigenvalue weighted by Crippen LogP contribution is 2.22. The molecule has 0 aliphatic carbocycles. The van der Waals surface area contributed by atoms with Gasteiger partial charge in [0.15, 0.2) is 0 Å². The highest BCUT2D eigenvalue weighted by Gasteiger charge is 2.11. The van der Waals surface area contributed by atoms with Crippen molar-refractivity contribution < 1.29 is 4.92 Å². The predicted molar refractivity (Wildman–Crippen MR) is 74.9 cm³/mol. The molecule has 0 bridgehead atoms. The quantitative estimate of drug-likeness (QED) is 0.673. The Morgan fingerprint density at radius 3 is 2.84 bits per heavy atom. The Bertz CT molecular complexity index is 648. The van der Waals surface area contributed by atoms with E-state index < -0.39 is 4.92 Å². The molecule has 1 N–H and O–H groups in total. The summed E-state index contributed by atoms with van der Waals surface area (Å²) in [5, 5.41) is 15.7. The van der Waals surface area contributed by atoms with Gasteiger partial charge in [-0.15, -0.1) is 0 Å². The second kappa shape index (κ2) is 5.66. The lowest BCUT2D eigenvalue weighted by Crippen LogP contribution is -2.14. The van der Waals surface area contributed by atoms with Crippen LogP contribution in [0.15, 0.2) is 34.6 Å². The number of hydrogen-bond donors (Lipinski definition) is 1. The number of nitrogens with zero attached hydrogens (tertiary/aromatic N) is 2. The van der Waals surface area contributed by atoms with Crippen LogP contribution in [0.2, 0.25) is 0 Å². The van der Waals surface area contributed by atoms with E-state index in [4.69, 9.17) is 0 Å². The van der Waals surface area contributed by atoms with Crippen molar-refractivity contribution in [2.45, 2.75) is 13.5 Å². The first-order chi connectivity index (χ1) is 9.11. The zero-order chi connectivity index (χ0) is 13.8. The van der Waals surface area contributed by atoms with Gasteiger partial charge in [0.2, 0.25) is 0 Å². The Morgan fingerprint density at radius 1 is 1.47 bits per heavy atom. The lowest BCUT2D eigenvalue weighted by molar-refractivity contribution is -0.384. The number of nitrogens with one attached hydrogen (secondary N) is 1. The van der Waals surface area contributed by atoms with Crippen LogP contribution in [-0.4, -0.2) is 16.0 Å². The molecule has 0 aliphatic heterocycles. The first kappa shape index (κ1) is 13.3. The zero-order valence-electron chi connectivity index (χ0n) is 10.3. The predicted octanol–water partition coefficient (Wildman–Crippen LogP) is 2.30. The fourth-order valence-corrected chi connectivity index (χ4v) is 2.36. The maximum Gasteiger partial charge on any atom is 0.307 e. The van der Waals surface area contributed by atoms with Gasteiger partial charge in [-0.25, -0.2) is 0 Å². The average Bonchev–Trinajstić information content (AvgIpc) is 2.77. The van der Waals surface area contributed by atoms with Gasteiger partial charge in [-0.1, -0.05) is 11.3 Å². The summed E-state index contributed by atoms with van der Waals surface area (Å²) >= 11 is 1.11. The molecule has 1 heterocycles. The molecule has 7 heteroatoms. The molecule has 2 aromatic rings. The normalized spacial score (nSPS) is 10.4. The summed E-state index contributed by atoms with van der Waals surface area (Å²) in [5.74, 6) is 0. The Hall–Kier alpha value is -2.15. The first-order valence-electron chi connectivity index (χ1n) is 5.77. The summed E-state index contributed by atoms with van der Waals surface area (Å²) in [6, 6.07) is 4.63. The van der Waals surface area contributed by atoms with Crippen LogP contribution in [-0.2, 0) is 6.54 Å². The average molecular weight is 279 g/mol. The third-order valence-corrected chi connectivity index (χ3v) is 3.35. The van der Waals surface area contributed by atoms with E-state index in [-0.39, 0.29) is 10.6 Å². The number of nitro groups is 1. The van der Waals surface area contributed by atoms with Crippen LogP contribution < -0.4 is 10.2 Å². The number of benzene rings is 1. The monoisotopic (exact) mass is 279 g/mol. The SMILES string of the molecule is CCNc1ccc([N+](=O)[O-])cc1Cn1ccsc1=O. The fourth-order valence-electron chi connectivity index (χ4n) is 1.78. The molecule has 100 valence electrons. The Morgan fingerprint density at radius 2 is 2.26 bits per heavy atom. The van der Waals surface area contributed by atoms with E-state index in [1.807, 2.05) is 6.92 Å². The number of thiazole rings is 1. The maximum absolute atomic E-state index is 11.5. The van der Waals surface area contributed by atoms with Crippen molar-refractivity contribution in [3.63, 3.8) is 0 Å². The summed E-state index contributed by atoms with van der Waals surface area (Å²) in [7, 11) is 0. The molecule has 0 atom stereocenters. The smallest absolute Gasteiger partial charge is 0.307 e. The third kappa shape index (κ3) is 3.00. The highest BCUT2D eigenvalue weighted by molar-refractivity contribution is 7.07. The van der Waals surface area contributed by atoms with Gasteiger partial charge >= 0.3 is 4.87 Å². The van der Waals surface area contributed by atoms with Gasteiger partial charge in [0.05, 0.1) is 11.5 Å². The van der Waals surface area contributed by atoms with Crippen LogP contribution in [0.4, 0.5) is 11.4 Å². The second-order valence-electron chi connectivity index (χ2n) is 3.93. The molecule has 6 nitrogen and oxygen atoms in total. The zero-order valence-corrected chi connectivity index (χ0v) is 11.1. The Balaban J connectivity index is 2.40. The van der Waals surface area contributed by atoms with Crippen molar-refractivity contribution in [3.05, 3.63) is 55.1 Å². The van der Waals surface area contributed by atoms with Gasteiger partial charge in [-0.05, 0) is 13.0 Å². The molecule has 0 aliphatic rings. The van der Waals surface area contributed by atoms with Crippen LogP contribution in [0.25, 0.3) is 0 Å². The summed E-state index contributed by atoms with van der Waals surface area (Å²) in [4.78, 5) is 21.8. The van der Waals surface area contributed by atoms with Crippen LogP contribution in [0.3, 0.4) is 0 Å². The standard InChI is InChI=1S/C12H13N3O3S/c1-2-13-11-4-3-10(15(17)18)7-9(11)8-14-5-6-19-12(14)16/h3-7,13H,2,8H2,1H3. The Labute approximate surface area is 113 Å². The molecule has 0 saturated carbocycles. The summed E-state index contributed by atoms with van der Waals surface area (Å²) in [6.45, 7) is 2.98. The van der Waals surface area contributed by atoms with E-state index in [0.29, 0.717) is 13.1 Å². The van der Waals surface area contributed by atoms with Crippen molar-refractivity contribution in [2.75, 3.05) is 11.9 Å². The topological polar surface area (TPSA) is 77.2 Å². The lowest BCUT2D eigenvalue weighted by Gasteiger charge is -2.10. The van der Waals surface area contributed by atoms with E-state index in [9.17, 15) is 14.9 Å². The lowest BCUT2D eigenvalue weighted by atomic mass is 10.1. The van der Waals surface area contributed by atoms with Gasteiger partial charge in [0.1, 0.15) is 0 Å². The van der Waals surface area contributed by atoms with Gasteiger partial charge in [-0.3, -0.25) is 14.9 Å². The molecule has 2 rings (SSSR count). The minimum Gasteiger partial charge on any atom is -0.385 e. The van der Waals surface area contributed by atoms with Crippen LogP contribution in [0.5, 0.6) is 0 Å². The van der Waals surface area contributed by atoms with Crippen molar-refractivity contribution in [1.29, 1.82) is 0 Å². The van der Waals surface area contributed by atoms with Crippen molar-refractivity contribution in [3.8, 4) is 0 Å². The summed E-state index contributed by atoms with van der Waals surface area (Å²) < 4.78 is 1.53. The molecule has 19 heavy (non-hydrogen) atoms. The largest absolute Gasteiger partial charge is 0.385 e. The van der Waals surface area contributed by atoms with Gasteiger partial charge < -0.3 is 9.88 Å². The van der Waals surface area contributed by atoms with Crippen molar-refractivity contribution in [2.24, 2.45) is 0 Å². The van der Waals surface area contributed by atoms with E-state index in [1.54, 1.807) is 17.6 Å². The molecular weight excluding hydrogens is 266 g/mol. The van der Waals surface area contributed by atoms with Crippen molar-refractivity contribution in [1.82, 2.24) is 4.57 Å². The van der Waals surface area contributed by atoms with Crippen LogP contribution in [0.1, 0.15) is 12.5 Å². The molecule has 0 unspecified atom stereocenters. The van der Waals surface area contributed by atoms with E-state index in [1.165, 1.54) is 16.7 Å². The van der Waals surface area contributed by atoms with Crippen molar-refractivity contribution >= 4 is 22.7 Å². The number of nitro benzene ring substituents is 1. The highest BCUT2D eigenvalue weighted by atomic mass is 32.1. The minimum atomic E-state index is -0.435. The molecule has 0 spiro atoms. The van der Waals surface area contributed by atoms with E-state index >= 15 is 0 Å². The summed E-state index contributed by atoms with van der Waals surface area (Å²) in [6.07, 6.45) is 1.68. The molecule has 0 amide bonds. The number of rotatable bonds is 5. The van der Waals surface area contributed by atoms with Gasteiger partial charge in [0.25, 0.3) is 5.69 Å². The Kier molecular flexibility index (Phi) is 3.96. The van der Waals surface area contributed by atoms with Gasteiger partial charge in [-0.2, -0.15) is 0 Å². The molecule has 0 saturated heterocycles. The number of hydrogen-bond acceptors (Lipinski definition) is 5. The number of non-ortho nitro benzene ring substituents is 1. The molecule has 1 aromatic heterocycles. The van der Waals surface area contributed by atoms with E-state index in [2.05, 4.69) is 5.32 Å². The fraction of sp³-hybridized carbons (Fsp3) is 0.250. The van der Waals surface area contributed by atoms with Gasteiger partial charge in [0, 0.05) is 41.5 Å². The molecular formula is C12H13N3O3S. The van der Waals surface area contributed by atoms with E-state index in [0.717, 1.165) is 22.6 Å². The number of anilines is 1. The number of aromatic nitrogens is 1. The third-order valence-electron chi connectivity index (χ3n) is 2.65. The maximum atomic E-state index is 11.5.